The minimum absolute atomic E-state index is 0.0394. The van der Waals surface area contributed by atoms with Crippen molar-refractivity contribution >= 4 is 16.9 Å². The van der Waals surface area contributed by atoms with E-state index in [4.69, 9.17) is 9.47 Å². The van der Waals surface area contributed by atoms with Crippen molar-refractivity contribution in [3.8, 4) is 5.75 Å². The van der Waals surface area contributed by atoms with Crippen LogP contribution in [0.1, 0.15) is 39.5 Å². The monoisotopic (exact) mass is 331 g/mol. The van der Waals surface area contributed by atoms with Gasteiger partial charge >= 0.3 is 5.97 Å². The number of fused-ring (bicyclic) bond motifs is 1. The van der Waals surface area contributed by atoms with Gasteiger partial charge in [0.2, 0.25) is 0 Å². The van der Waals surface area contributed by atoms with Crippen LogP contribution in [0.25, 0.3) is 10.9 Å². The van der Waals surface area contributed by atoms with Crippen LogP contribution in [0, 0.1) is 0 Å². The van der Waals surface area contributed by atoms with Crippen LogP contribution in [-0.2, 0) is 16.1 Å². The maximum absolute atomic E-state index is 12.3. The van der Waals surface area contributed by atoms with E-state index in [1.54, 1.807) is 17.6 Å². The fourth-order valence-corrected chi connectivity index (χ4v) is 2.55. The van der Waals surface area contributed by atoms with Gasteiger partial charge < -0.3 is 14.0 Å². The lowest BCUT2D eigenvalue weighted by atomic mass is 10.2. The first kappa shape index (κ1) is 18.0. The number of nitrogens with zero attached hydrogens (tertiary/aromatic N) is 1. The van der Waals surface area contributed by atoms with Crippen molar-refractivity contribution in [2.24, 2.45) is 0 Å². The lowest BCUT2D eigenvalue weighted by Crippen LogP contribution is -2.20. The van der Waals surface area contributed by atoms with Gasteiger partial charge in [0.25, 0.3) is 5.56 Å². The number of pyridine rings is 1. The zero-order chi connectivity index (χ0) is 17.4. The maximum atomic E-state index is 12.3. The van der Waals surface area contributed by atoms with E-state index in [-0.39, 0.29) is 11.5 Å². The van der Waals surface area contributed by atoms with Crippen LogP contribution >= 0.6 is 0 Å². The molecule has 0 amide bonds. The first-order valence-corrected chi connectivity index (χ1v) is 8.58. The van der Waals surface area contributed by atoms with E-state index in [2.05, 4.69) is 6.92 Å². The SMILES string of the molecule is CCCn1c(=O)cc(OCCCCOC(=O)CC)c2ccccc21. The van der Waals surface area contributed by atoms with Gasteiger partial charge in [-0.05, 0) is 31.4 Å². The summed E-state index contributed by atoms with van der Waals surface area (Å²) in [4.78, 5) is 23.4. The second-order valence-corrected chi connectivity index (χ2v) is 5.65. The normalized spacial score (nSPS) is 10.8. The second-order valence-electron chi connectivity index (χ2n) is 5.65. The van der Waals surface area contributed by atoms with Gasteiger partial charge in [-0.2, -0.15) is 0 Å². The van der Waals surface area contributed by atoms with Crippen molar-refractivity contribution in [2.45, 2.75) is 46.1 Å². The Morgan fingerprint density at radius 2 is 1.88 bits per heavy atom. The number of para-hydroxylation sites is 1. The summed E-state index contributed by atoms with van der Waals surface area (Å²) in [6, 6.07) is 9.36. The number of esters is 1. The Labute approximate surface area is 142 Å². The highest BCUT2D eigenvalue weighted by Crippen LogP contribution is 2.23. The summed E-state index contributed by atoms with van der Waals surface area (Å²) < 4.78 is 12.6. The number of rotatable bonds is 9. The average molecular weight is 331 g/mol. The van der Waals surface area contributed by atoms with E-state index in [1.807, 2.05) is 24.3 Å². The van der Waals surface area contributed by atoms with Gasteiger partial charge in [0.15, 0.2) is 0 Å². The van der Waals surface area contributed by atoms with Crippen molar-refractivity contribution in [3.63, 3.8) is 0 Å². The molecule has 0 N–H and O–H groups in total. The third kappa shape index (κ3) is 4.60. The number of ether oxygens (including phenoxy) is 2. The molecule has 0 aliphatic heterocycles. The number of carbonyl (C=O) groups is 1. The number of carbonyl (C=O) groups excluding carboxylic acids is 1. The molecule has 1 aromatic heterocycles. The Bertz CT molecular complexity index is 736. The molecule has 5 heteroatoms. The Hall–Kier alpha value is -2.30. The zero-order valence-electron chi connectivity index (χ0n) is 14.4. The van der Waals surface area contributed by atoms with Crippen LogP contribution in [0.5, 0.6) is 5.75 Å². The summed E-state index contributed by atoms with van der Waals surface area (Å²) >= 11 is 0. The molecule has 130 valence electrons. The molecular weight excluding hydrogens is 306 g/mol. The summed E-state index contributed by atoms with van der Waals surface area (Å²) in [5.74, 6) is 0.440. The molecule has 2 aromatic rings. The van der Waals surface area contributed by atoms with Crippen molar-refractivity contribution in [1.29, 1.82) is 0 Å². The summed E-state index contributed by atoms with van der Waals surface area (Å²) in [6.45, 7) is 5.43. The van der Waals surface area contributed by atoms with Gasteiger partial charge in [0.05, 0.1) is 18.7 Å². The van der Waals surface area contributed by atoms with Crippen molar-refractivity contribution in [3.05, 3.63) is 40.7 Å². The zero-order valence-corrected chi connectivity index (χ0v) is 14.4. The quantitative estimate of drug-likeness (QED) is 0.521. The maximum Gasteiger partial charge on any atom is 0.305 e. The third-order valence-corrected chi connectivity index (χ3v) is 3.78. The number of aromatic nitrogens is 1. The van der Waals surface area contributed by atoms with Crippen LogP contribution in [0.3, 0.4) is 0 Å². The van der Waals surface area contributed by atoms with Crippen molar-refractivity contribution in [1.82, 2.24) is 4.57 Å². The molecule has 0 bridgehead atoms. The molecule has 0 radical (unpaired) electrons. The topological polar surface area (TPSA) is 57.5 Å². The third-order valence-electron chi connectivity index (χ3n) is 3.78. The molecule has 0 atom stereocenters. The smallest absolute Gasteiger partial charge is 0.305 e. The Balaban J connectivity index is 2.01. The van der Waals surface area contributed by atoms with Crippen LogP contribution in [0.4, 0.5) is 0 Å². The summed E-state index contributed by atoms with van der Waals surface area (Å²) in [5, 5.41) is 0.947. The van der Waals surface area contributed by atoms with Crippen LogP contribution in [-0.4, -0.2) is 23.8 Å². The van der Waals surface area contributed by atoms with Crippen molar-refractivity contribution < 1.29 is 14.3 Å². The summed E-state index contributed by atoms with van der Waals surface area (Å²) in [5.41, 5.74) is 0.862. The second kappa shape index (κ2) is 9.11. The number of hydrogen-bond acceptors (Lipinski definition) is 4. The van der Waals surface area contributed by atoms with E-state index in [0.717, 1.165) is 30.2 Å². The minimum atomic E-state index is -0.179. The van der Waals surface area contributed by atoms with E-state index < -0.39 is 0 Å². The van der Waals surface area contributed by atoms with E-state index in [1.165, 1.54) is 0 Å². The largest absolute Gasteiger partial charge is 0.493 e. The van der Waals surface area contributed by atoms with Crippen LogP contribution in [0.15, 0.2) is 35.1 Å². The molecule has 2 rings (SSSR count). The Morgan fingerprint density at radius 1 is 1.12 bits per heavy atom. The molecule has 0 unspecified atom stereocenters. The number of unbranched alkanes of at least 4 members (excludes halogenated alkanes) is 1. The van der Waals surface area contributed by atoms with Gasteiger partial charge in [-0.15, -0.1) is 0 Å². The molecule has 1 aromatic carbocycles. The highest BCUT2D eigenvalue weighted by atomic mass is 16.5. The Kier molecular flexibility index (Phi) is 6.85. The summed E-state index contributed by atoms with van der Waals surface area (Å²) in [7, 11) is 0. The molecule has 1 heterocycles. The van der Waals surface area contributed by atoms with E-state index >= 15 is 0 Å². The minimum Gasteiger partial charge on any atom is -0.493 e. The summed E-state index contributed by atoms with van der Waals surface area (Å²) in [6.07, 6.45) is 2.82. The molecule has 0 saturated carbocycles. The molecule has 0 aliphatic carbocycles. The molecule has 24 heavy (non-hydrogen) atoms. The van der Waals surface area contributed by atoms with Gasteiger partial charge in [0.1, 0.15) is 5.75 Å². The highest BCUT2D eigenvalue weighted by molar-refractivity contribution is 5.85. The molecule has 0 aliphatic rings. The van der Waals surface area contributed by atoms with Crippen molar-refractivity contribution in [2.75, 3.05) is 13.2 Å². The number of hydrogen-bond donors (Lipinski definition) is 0. The molecule has 0 saturated heterocycles. The molecule has 0 fully saturated rings. The van der Waals surface area contributed by atoms with Gasteiger partial charge in [-0.3, -0.25) is 9.59 Å². The standard InChI is InChI=1S/C19H25NO4/c1-3-11-20-16-10-6-5-9-15(16)17(14-18(20)21)23-12-7-8-13-24-19(22)4-2/h5-6,9-10,14H,3-4,7-8,11-13H2,1-2H3. The van der Waals surface area contributed by atoms with Gasteiger partial charge in [0, 0.05) is 24.4 Å². The van der Waals surface area contributed by atoms with E-state index in [9.17, 15) is 9.59 Å². The fraction of sp³-hybridized carbons (Fsp3) is 0.474. The van der Waals surface area contributed by atoms with Gasteiger partial charge in [-0.25, -0.2) is 0 Å². The predicted octanol–water partition coefficient (Wildman–Crippen LogP) is 3.52. The van der Waals surface area contributed by atoms with E-state index in [0.29, 0.717) is 31.9 Å². The lowest BCUT2D eigenvalue weighted by molar-refractivity contribution is -0.143. The average Bonchev–Trinajstić information content (AvgIpc) is 2.60. The molecular formula is C19H25NO4. The molecule has 5 nitrogen and oxygen atoms in total. The first-order valence-electron chi connectivity index (χ1n) is 8.58. The number of benzene rings is 1. The predicted molar refractivity (Wildman–Crippen MR) is 94.5 cm³/mol. The number of aryl methyl sites for hydroxylation is 1. The highest BCUT2D eigenvalue weighted by Gasteiger charge is 2.09. The fourth-order valence-electron chi connectivity index (χ4n) is 2.55. The van der Waals surface area contributed by atoms with Crippen LogP contribution in [0.2, 0.25) is 0 Å². The first-order chi connectivity index (χ1) is 11.7. The molecule has 0 spiro atoms. The lowest BCUT2D eigenvalue weighted by Gasteiger charge is -2.13. The van der Waals surface area contributed by atoms with Crippen LogP contribution < -0.4 is 10.3 Å². The Morgan fingerprint density at radius 3 is 2.62 bits per heavy atom. The van der Waals surface area contributed by atoms with Gasteiger partial charge in [-0.1, -0.05) is 26.0 Å².